The highest BCUT2D eigenvalue weighted by Crippen LogP contribution is 2.39. The molecule has 0 unspecified atom stereocenters. The van der Waals surface area contributed by atoms with Gasteiger partial charge in [-0.2, -0.15) is 5.10 Å². The molecule has 1 aromatic rings. The van der Waals surface area contributed by atoms with Crippen molar-refractivity contribution in [2.45, 2.75) is 25.3 Å². The Balaban J connectivity index is 2.07. The largest absolute Gasteiger partial charge is 0.253 e. The first-order valence-electron chi connectivity index (χ1n) is 4.87. The fourth-order valence-corrected chi connectivity index (χ4v) is 2.14. The topological polar surface area (TPSA) is 52.0 Å². The van der Waals surface area contributed by atoms with Gasteiger partial charge in [0, 0.05) is 12.2 Å². The van der Waals surface area contributed by atoms with Gasteiger partial charge in [0.05, 0.1) is 18.0 Å². The van der Waals surface area contributed by atoms with Crippen LogP contribution in [0.1, 0.15) is 24.5 Å². The van der Waals surface area contributed by atoms with Crippen molar-refractivity contribution in [1.82, 2.24) is 9.78 Å². The van der Waals surface area contributed by atoms with Crippen molar-refractivity contribution in [3.8, 4) is 0 Å². The predicted octanol–water partition coefficient (Wildman–Crippen LogP) is 1.46. The zero-order valence-corrected chi connectivity index (χ0v) is 10.1. The number of halogens is 1. The van der Waals surface area contributed by atoms with Crippen LogP contribution in [0.2, 0.25) is 5.15 Å². The van der Waals surface area contributed by atoms with E-state index in [1.54, 1.807) is 4.68 Å². The lowest BCUT2D eigenvalue weighted by Gasteiger charge is -2.01. The summed E-state index contributed by atoms with van der Waals surface area (Å²) < 4.78 is 23.5. The van der Waals surface area contributed by atoms with Gasteiger partial charge >= 0.3 is 0 Å². The summed E-state index contributed by atoms with van der Waals surface area (Å²) in [7, 11) is -2.95. The number of rotatable bonds is 4. The number of aromatic nitrogens is 2. The highest BCUT2D eigenvalue weighted by molar-refractivity contribution is 7.90. The van der Waals surface area contributed by atoms with Gasteiger partial charge in [0.2, 0.25) is 0 Å². The summed E-state index contributed by atoms with van der Waals surface area (Å²) in [5.41, 5.74) is 0.994. The molecule has 0 aromatic carbocycles. The molecule has 0 spiro atoms. The molecule has 2 rings (SSSR count). The van der Waals surface area contributed by atoms with Crippen LogP contribution in [0, 0.1) is 0 Å². The summed E-state index contributed by atoms with van der Waals surface area (Å²) in [6, 6.07) is 1.83. The minimum atomic E-state index is -2.95. The summed E-state index contributed by atoms with van der Waals surface area (Å²) >= 11 is 5.95. The molecular formula is C9H13ClN2O2S. The third kappa shape index (κ3) is 2.95. The fourth-order valence-electron chi connectivity index (χ4n) is 1.40. The zero-order chi connectivity index (χ0) is 11.1. The van der Waals surface area contributed by atoms with Crippen molar-refractivity contribution in [3.63, 3.8) is 0 Å². The molecule has 0 bridgehead atoms. The Morgan fingerprint density at radius 2 is 2.27 bits per heavy atom. The van der Waals surface area contributed by atoms with E-state index in [-0.39, 0.29) is 5.75 Å². The van der Waals surface area contributed by atoms with Crippen molar-refractivity contribution in [2.75, 3.05) is 12.0 Å². The maximum absolute atomic E-state index is 11.0. The molecule has 0 N–H and O–H groups in total. The van der Waals surface area contributed by atoms with Gasteiger partial charge in [-0.1, -0.05) is 11.6 Å². The van der Waals surface area contributed by atoms with Crippen LogP contribution < -0.4 is 0 Å². The van der Waals surface area contributed by atoms with Crippen LogP contribution in [0.3, 0.4) is 0 Å². The first-order valence-corrected chi connectivity index (χ1v) is 7.30. The van der Waals surface area contributed by atoms with Gasteiger partial charge < -0.3 is 0 Å². The Labute approximate surface area is 94.2 Å². The van der Waals surface area contributed by atoms with Gasteiger partial charge in [0.15, 0.2) is 0 Å². The Bertz CT molecular complexity index is 462. The number of sulfone groups is 1. The summed E-state index contributed by atoms with van der Waals surface area (Å²) in [6.45, 7) is 0.338. The molecule has 1 aromatic heterocycles. The minimum absolute atomic E-state index is 0.0819. The molecular weight excluding hydrogens is 236 g/mol. The monoisotopic (exact) mass is 248 g/mol. The zero-order valence-electron chi connectivity index (χ0n) is 8.48. The average molecular weight is 249 g/mol. The van der Waals surface area contributed by atoms with E-state index in [1.165, 1.54) is 19.1 Å². The SMILES string of the molecule is CS(=O)(=O)CCn1nc(C2CC2)cc1Cl. The molecule has 15 heavy (non-hydrogen) atoms. The third-order valence-electron chi connectivity index (χ3n) is 2.42. The first-order chi connectivity index (χ1) is 6.96. The average Bonchev–Trinajstić information content (AvgIpc) is 2.87. The van der Waals surface area contributed by atoms with Crippen molar-refractivity contribution in [3.05, 3.63) is 16.9 Å². The molecule has 0 radical (unpaired) electrons. The van der Waals surface area contributed by atoms with E-state index in [2.05, 4.69) is 5.10 Å². The second kappa shape index (κ2) is 3.79. The van der Waals surface area contributed by atoms with Crippen molar-refractivity contribution in [1.29, 1.82) is 0 Å². The summed E-state index contributed by atoms with van der Waals surface area (Å²) in [5.74, 6) is 0.625. The smallest absolute Gasteiger partial charge is 0.149 e. The van der Waals surface area contributed by atoms with Crippen LogP contribution in [0.15, 0.2) is 6.07 Å². The number of hydrogen-bond donors (Lipinski definition) is 0. The second-order valence-electron chi connectivity index (χ2n) is 4.02. The minimum Gasteiger partial charge on any atom is -0.253 e. The van der Waals surface area contributed by atoms with Crippen LogP contribution in [0.25, 0.3) is 0 Å². The summed E-state index contributed by atoms with van der Waals surface area (Å²) in [6.07, 6.45) is 3.55. The molecule has 0 saturated heterocycles. The van der Waals surface area contributed by atoms with Gasteiger partial charge in [0.1, 0.15) is 15.0 Å². The molecule has 1 aliphatic rings. The molecule has 0 amide bonds. The van der Waals surface area contributed by atoms with E-state index in [1.807, 2.05) is 6.07 Å². The van der Waals surface area contributed by atoms with Crippen LogP contribution >= 0.6 is 11.6 Å². The Morgan fingerprint density at radius 3 is 2.80 bits per heavy atom. The molecule has 1 fully saturated rings. The fraction of sp³-hybridized carbons (Fsp3) is 0.667. The van der Waals surface area contributed by atoms with Gasteiger partial charge in [-0.15, -0.1) is 0 Å². The van der Waals surface area contributed by atoms with Crippen LogP contribution in [-0.4, -0.2) is 30.2 Å². The van der Waals surface area contributed by atoms with Crippen LogP contribution in [-0.2, 0) is 16.4 Å². The lowest BCUT2D eigenvalue weighted by Crippen LogP contribution is -2.12. The predicted molar refractivity (Wildman–Crippen MR) is 58.9 cm³/mol. The van der Waals surface area contributed by atoms with Crippen molar-refractivity contribution >= 4 is 21.4 Å². The maximum atomic E-state index is 11.0. The summed E-state index contributed by atoms with van der Waals surface area (Å²) in [4.78, 5) is 0. The van der Waals surface area contributed by atoms with E-state index in [0.29, 0.717) is 17.6 Å². The van der Waals surface area contributed by atoms with Crippen molar-refractivity contribution < 1.29 is 8.42 Å². The van der Waals surface area contributed by atoms with Crippen molar-refractivity contribution in [2.24, 2.45) is 0 Å². The van der Waals surface area contributed by atoms with Crippen LogP contribution in [0.5, 0.6) is 0 Å². The maximum Gasteiger partial charge on any atom is 0.149 e. The number of aryl methyl sites for hydroxylation is 1. The second-order valence-corrected chi connectivity index (χ2v) is 6.67. The summed E-state index contributed by atoms with van der Waals surface area (Å²) in [5, 5.41) is 4.82. The molecule has 1 heterocycles. The van der Waals surface area contributed by atoms with Gasteiger partial charge in [-0.05, 0) is 18.9 Å². The Kier molecular flexibility index (Phi) is 2.77. The van der Waals surface area contributed by atoms with E-state index in [9.17, 15) is 8.42 Å². The Hall–Kier alpha value is -0.550. The normalized spacial score (nSPS) is 16.9. The molecule has 84 valence electrons. The van der Waals surface area contributed by atoms with E-state index >= 15 is 0 Å². The van der Waals surface area contributed by atoms with E-state index in [0.717, 1.165) is 5.69 Å². The molecule has 1 aliphatic carbocycles. The standard InChI is InChI=1S/C9H13ClN2O2S/c1-15(13,14)5-4-12-9(10)6-8(11-12)7-2-3-7/h6-7H,2-5H2,1H3. The lowest BCUT2D eigenvalue weighted by atomic mass is 10.3. The Morgan fingerprint density at radius 1 is 1.60 bits per heavy atom. The quantitative estimate of drug-likeness (QED) is 0.811. The number of nitrogens with zero attached hydrogens (tertiary/aromatic N) is 2. The van der Waals surface area contributed by atoms with E-state index < -0.39 is 9.84 Å². The first kappa shape index (κ1) is 11.0. The van der Waals surface area contributed by atoms with Gasteiger partial charge in [-0.3, -0.25) is 4.68 Å². The van der Waals surface area contributed by atoms with Gasteiger partial charge in [0.25, 0.3) is 0 Å². The van der Waals surface area contributed by atoms with Gasteiger partial charge in [-0.25, -0.2) is 8.42 Å². The molecule has 1 saturated carbocycles. The highest BCUT2D eigenvalue weighted by atomic mass is 35.5. The molecule has 6 heteroatoms. The highest BCUT2D eigenvalue weighted by Gasteiger charge is 2.27. The molecule has 0 aliphatic heterocycles. The van der Waals surface area contributed by atoms with Crippen LogP contribution in [0.4, 0.5) is 0 Å². The third-order valence-corrected chi connectivity index (χ3v) is 3.65. The lowest BCUT2D eigenvalue weighted by molar-refractivity contribution is 0.584. The molecule has 4 nitrogen and oxygen atoms in total. The molecule has 0 atom stereocenters. The number of hydrogen-bond acceptors (Lipinski definition) is 3. The van der Waals surface area contributed by atoms with E-state index in [4.69, 9.17) is 11.6 Å².